The normalized spacial score (nSPS) is 10.6. The predicted molar refractivity (Wildman–Crippen MR) is 113 cm³/mol. The number of rotatable bonds is 6. The van der Waals surface area contributed by atoms with Gasteiger partial charge in [0.2, 0.25) is 0 Å². The van der Waals surface area contributed by atoms with Crippen LogP contribution < -0.4 is 14.9 Å². The number of benzene rings is 3. The number of nitrogens with zero attached hydrogens (tertiary/aromatic N) is 1. The molecule has 0 heterocycles. The second-order valence-electron chi connectivity index (χ2n) is 6.00. The molecule has 0 spiro atoms. The van der Waals surface area contributed by atoms with Crippen molar-refractivity contribution in [2.45, 2.75) is 0 Å². The number of methoxy groups -OCH3 is 1. The van der Waals surface area contributed by atoms with Gasteiger partial charge in [0.15, 0.2) is 11.5 Å². The van der Waals surface area contributed by atoms with Gasteiger partial charge in [-0.25, -0.2) is 10.2 Å². The van der Waals surface area contributed by atoms with Gasteiger partial charge in [-0.05, 0) is 48.0 Å². The summed E-state index contributed by atoms with van der Waals surface area (Å²) in [7, 11) is 1.43. The Hall–Kier alpha value is -3.84. The highest BCUT2D eigenvalue weighted by Crippen LogP contribution is 2.29. The van der Waals surface area contributed by atoms with Crippen molar-refractivity contribution in [2.24, 2.45) is 5.10 Å². The van der Waals surface area contributed by atoms with Crippen molar-refractivity contribution in [1.29, 1.82) is 0 Å². The van der Waals surface area contributed by atoms with Crippen LogP contribution in [-0.4, -0.2) is 30.3 Å². The summed E-state index contributed by atoms with van der Waals surface area (Å²) in [6.45, 7) is 0. The topological polar surface area (TPSA) is 97.2 Å². The zero-order chi connectivity index (χ0) is 21.5. The highest BCUT2D eigenvalue weighted by Gasteiger charge is 2.15. The van der Waals surface area contributed by atoms with E-state index >= 15 is 0 Å². The quantitative estimate of drug-likeness (QED) is 0.269. The summed E-state index contributed by atoms with van der Waals surface area (Å²) < 4.78 is 10.7. The number of hydrazone groups is 1. The van der Waals surface area contributed by atoms with Crippen LogP contribution in [-0.2, 0) is 0 Å². The molecule has 30 heavy (non-hydrogen) atoms. The van der Waals surface area contributed by atoms with E-state index in [1.54, 1.807) is 54.6 Å². The number of hydrogen-bond acceptors (Lipinski definition) is 6. The Morgan fingerprint density at radius 1 is 1.00 bits per heavy atom. The Morgan fingerprint density at radius 3 is 2.40 bits per heavy atom. The minimum atomic E-state index is -0.616. The van der Waals surface area contributed by atoms with E-state index in [1.807, 2.05) is 0 Å². The average Bonchev–Trinajstić information content (AvgIpc) is 2.75. The minimum Gasteiger partial charge on any atom is -0.507 e. The number of esters is 1. The summed E-state index contributed by atoms with van der Waals surface area (Å²) in [5.74, 6) is -0.808. The highest BCUT2D eigenvalue weighted by molar-refractivity contribution is 6.33. The van der Waals surface area contributed by atoms with Crippen LogP contribution in [0.5, 0.6) is 17.2 Å². The summed E-state index contributed by atoms with van der Waals surface area (Å²) >= 11 is 6.02. The van der Waals surface area contributed by atoms with Crippen LogP contribution in [0.25, 0.3) is 0 Å². The Balaban J connectivity index is 1.70. The first-order valence-corrected chi connectivity index (χ1v) is 9.13. The van der Waals surface area contributed by atoms with Crippen LogP contribution in [0.15, 0.2) is 71.8 Å². The van der Waals surface area contributed by atoms with E-state index in [9.17, 15) is 14.7 Å². The molecule has 7 nitrogen and oxygen atoms in total. The lowest BCUT2D eigenvalue weighted by Gasteiger charge is -2.10. The molecular formula is C22H17ClN2O5. The van der Waals surface area contributed by atoms with E-state index in [0.29, 0.717) is 11.3 Å². The van der Waals surface area contributed by atoms with Gasteiger partial charge >= 0.3 is 5.97 Å². The average molecular weight is 425 g/mol. The Morgan fingerprint density at radius 2 is 1.70 bits per heavy atom. The molecule has 0 unspecified atom stereocenters. The Labute approximate surface area is 177 Å². The first-order valence-electron chi connectivity index (χ1n) is 8.75. The number of carbonyl (C=O) groups excluding carboxylic acids is 2. The van der Waals surface area contributed by atoms with Crippen LogP contribution >= 0.6 is 11.6 Å². The first-order chi connectivity index (χ1) is 14.5. The van der Waals surface area contributed by atoms with E-state index in [4.69, 9.17) is 21.1 Å². The molecule has 0 fully saturated rings. The summed E-state index contributed by atoms with van der Waals surface area (Å²) in [5, 5.41) is 13.8. The number of ether oxygens (including phenoxy) is 2. The van der Waals surface area contributed by atoms with Crippen LogP contribution in [0.2, 0.25) is 5.02 Å². The van der Waals surface area contributed by atoms with Gasteiger partial charge in [0.05, 0.1) is 29.5 Å². The minimum absolute atomic E-state index is 0.106. The van der Waals surface area contributed by atoms with Gasteiger partial charge in [0.1, 0.15) is 5.75 Å². The third kappa shape index (κ3) is 4.95. The van der Waals surface area contributed by atoms with Crippen molar-refractivity contribution in [2.75, 3.05) is 7.11 Å². The van der Waals surface area contributed by atoms with Crippen molar-refractivity contribution in [3.8, 4) is 17.2 Å². The molecule has 0 saturated heterocycles. The number of carbonyl (C=O) groups is 2. The molecule has 0 aliphatic heterocycles. The number of hydrogen-bond donors (Lipinski definition) is 2. The van der Waals surface area contributed by atoms with Crippen molar-refractivity contribution < 1.29 is 24.2 Å². The largest absolute Gasteiger partial charge is 0.507 e. The van der Waals surface area contributed by atoms with Gasteiger partial charge in [-0.1, -0.05) is 35.9 Å². The number of nitrogens with one attached hydrogen (secondary N) is 1. The molecule has 0 bridgehead atoms. The van der Waals surface area contributed by atoms with E-state index in [2.05, 4.69) is 10.5 Å². The van der Waals surface area contributed by atoms with Gasteiger partial charge in [-0.3, -0.25) is 4.79 Å². The van der Waals surface area contributed by atoms with Crippen LogP contribution in [0.1, 0.15) is 26.3 Å². The second-order valence-corrected chi connectivity index (χ2v) is 6.40. The fourth-order valence-electron chi connectivity index (χ4n) is 2.52. The fraction of sp³-hybridized carbons (Fsp3) is 0.0455. The predicted octanol–water partition coefficient (Wildman–Crippen LogP) is 4.04. The maximum Gasteiger partial charge on any atom is 0.345 e. The lowest BCUT2D eigenvalue weighted by Crippen LogP contribution is -2.17. The van der Waals surface area contributed by atoms with Crippen molar-refractivity contribution in [1.82, 2.24) is 5.43 Å². The maximum atomic E-state index is 12.3. The summed E-state index contributed by atoms with van der Waals surface area (Å²) in [6.07, 6.45) is 1.39. The fourth-order valence-corrected chi connectivity index (χ4v) is 2.73. The number of phenolic OH excluding ortho intramolecular Hbond substituents is 1. The van der Waals surface area contributed by atoms with Gasteiger partial charge in [-0.15, -0.1) is 0 Å². The molecule has 0 aliphatic carbocycles. The molecule has 3 aromatic carbocycles. The number of phenols is 1. The summed E-state index contributed by atoms with van der Waals surface area (Å²) in [6, 6.07) is 17.4. The number of aromatic hydroxyl groups is 1. The van der Waals surface area contributed by atoms with Crippen molar-refractivity contribution in [3.05, 3.63) is 88.4 Å². The molecule has 2 N–H and O–H groups in total. The zero-order valence-electron chi connectivity index (χ0n) is 15.8. The van der Waals surface area contributed by atoms with E-state index < -0.39 is 11.9 Å². The molecule has 0 radical (unpaired) electrons. The first kappa shape index (κ1) is 20.9. The molecule has 0 atom stereocenters. The highest BCUT2D eigenvalue weighted by atomic mass is 35.5. The third-order valence-corrected chi connectivity index (χ3v) is 4.34. The van der Waals surface area contributed by atoms with Crippen molar-refractivity contribution in [3.63, 3.8) is 0 Å². The number of para-hydroxylation sites is 1. The Bertz CT molecular complexity index is 1110. The molecule has 1 amide bonds. The van der Waals surface area contributed by atoms with E-state index in [-0.39, 0.29) is 27.6 Å². The zero-order valence-corrected chi connectivity index (χ0v) is 16.6. The molecular weight excluding hydrogens is 408 g/mol. The van der Waals surface area contributed by atoms with Gasteiger partial charge in [-0.2, -0.15) is 5.10 Å². The molecule has 0 aromatic heterocycles. The SMILES string of the molecule is COc1cc(/C=N/NC(=O)c2ccccc2O)ccc1OC(=O)c1ccccc1Cl. The molecule has 8 heteroatoms. The van der Waals surface area contributed by atoms with Crippen LogP contribution in [0, 0.1) is 0 Å². The van der Waals surface area contributed by atoms with Gasteiger partial charge in [0.25, 0.3) is 5.91 Å². The number of halogens is 1. The molecule has 0 aliphatic rings. The van der Waals surface area contributed by atoms with Crippen LogP contribution in [0.3, 0.4) is 0 Å². The molecule has 0 saturated carbocycles. The standard InChI is InChI=1S/C22H17ClN2O5/c1-29-20-12-14(13-24-25-21(27)16-7-3-5-9-18(16)26)10-11-19(20)30-22(28)15-6-2-4-8-17(15)23/h2-13,26H,1H3,(H,25,27)/b24-13+. The summed E-state index contributed by atoms with van der Waals surface area (Å²) in [4.78, 5) is 24.4. The molecule has 3 aromatic rings. The van der Waals surface area contributed by atoms with Crippen molar-refractivity contribution >= 4 is 29.7 Å². The van der Waals surface area contributed by atoms with E-state index in [0.717, 1.165) is 0 Å². The van der Waals surface area contributed by atoms with E-state index in [1.165, 1.54) is 25.5 Å². The summed E-state index contributed by atoms with van der Waals surface area (Å²) in [5.41, 5.74) is 3.26. The van der Waals surface area contributed by atoms with Gasteiger partial charge in [0, 0.05) is 0 Å². The lowest BCUT2D eigenvalue weighted by atomic mass is 10.2. The monoisotopic (exact) mass is 424 g/mol. The maximum absolute atomic E-state index is 12.3. The molecule has 152 valence electrons. The van der Waals surface area contributed by atoms with Crippen LogP contribution in [0.4, 0.5) is 0 Å². The van der Waals surface area contributed by atoms with Gasteiger partial charge < -0.3 is 14.6 Å². The molecule has 3 rings (SSSR count). The number of amides is 1. The Kier molecular flexibility index (Phi) is 6.67. The lowest BCUT2D eigenvalue weighted by molar-refractivity contribution is 0.0729. The second kappa shape index (κ2) is 9.58. The third-order valence-electron chi connectivity index (χ3n) is 4.01. The smallest absolute Gasteiger partial charge is 0.345 e.